The summed E-state index contributed by atoms with van der Waals surface area (Å²) in [6, 6.07) is 2.26. The summed E-state index contributed by atoms with van der Waals surface area (Å²) in [6.45, 7) is 0.341. The van der Waals surface area contributed by atoms with Crippen molar-refractivity contribution in [3.8, 4) is 5.75 Å². The van der Waals surface area contributed by atoms with Crippen LogP contribution in [-0.2, 0) is 13.8 Å². The van der Waals surface area contributed by atoms with Gasteiger partial charge in [-0.05, 0) is 12.1 Å². The lowest BCUT2D eigenvalue weighted by atomic mass is 10.3. The summed E-state index contributed by atoms with van der Waals surface area (Å²) in [4.78, 5) is 10.6. The van der Waals surface area contributed by atoms with E-state index in [2.05, 4.69) is 5.32 Å². The smallest absolute Gasteiger partial charge is 0.407 e. The largest absolute Gasteiger partial charge is 0.487 e. The van der Waals surface area contributed by atoms with Gasteiger partial charge in [0.1, 0.15) is 6.61 Å². The second kappa shape index (κ2) is 5.85. The van der Waals surface area contributed by atoms with Crippen molar-refractivity contribution < 1.29 is 22.7 Å². The first-order chi connectivity index (χ1) is 9.27. The fourth-order valence-electron chi connectivity index (χ4n) is 1.52. The number of alkyl carbamates (subject to hydrolysis) is 1. The van der Waals surface area contributed by atoms with Crippen molar-refractivity contribution in [3.63, 3.8) is 0 Å². The molecule has 0 radical (unpaired) electrons. The fourth-order valence-corrected chi connectivity index (χ4v) is 3.03. The Morgan fingerprint density at radius 1 is 1.35 bits per heavy atom. The third-order valence-corrected chi connectivity index (χ3v) is 4.31. The molecule has 1 saturated heterocycles. The second-order valence-corrected chi connectivity index (χ2v) is 7.25. The van der Waals surface area contributed by atoms with Crippen LogP contribution in [0.3, 0.4) is 0 Å². The monoisotopic (exact) mass is 359 g/mol. The molecule has 2 rings (SSSR count). The quantitative estimate of drug-likeness (QED) is 0.834. The number of hydrogen-bond acceptors (Lipinski definition) is 5. The molecule has 1 unspecified atom stereocenters. The van der Waals surface area contributed by atoms with Crippen LogP contribution < -0.4 is 10.1 Å². The first-order valence-electron chi connectivity index (χ1n) is 5.28. The predicted molar refractivity (Wildman–Crippen MR) is 73.3 cm³/mol. The van der Waals surface area contributed by atoms with Gasteiger partial charge >= 0.3 is 6.09 Å². The maximum Gasteiger partial charge on any atom is 0.407 e. The molecule has 0 bridgehead atoms. The fraction of sp³-hybridized carbons (Fsp3) is 0.300. The average molecular weight is 361 g/mol. The van der Waals surface area contributed by atoms with E-state index in [9.17, 15) is 13.2 Å². The van der Waals surface area contributed by atoms with E-state index < -0.39 is 21.2 Å². The van der Waals surface area contributed by atoms with E-state index in [1.165, 1.54) is 0 Å². The van der Waals surface area contributed by atoms with Gasteiger partial charge in [0.2, 0.25) is 0 Å². The number of cyclic esters (lactones) is 1. The number of ether oxygens (including phenoxy) is 2. The normalized spacial score (nSPS) is 18.6. The zero-order valence-electron chi connectivity index (χ0n) is 9.73. The molecule has 1 heterocycles. The van der Waals surface area contributed by atoms with Crippen LogP contribution in [0.2, 0.25) is 10.0 Å². The van der Waals surface area contributed by atoms with Crippen LogP contribution in [-0.4, -0.2) is 33.8 Å². The van der Waals surface area contributed by atoms with E-state index in [0.29, 0.717) is 6.54 Å². The summed E-state index contributed by atoms with van der Waals surface area (Å²) in [6.07, 6.45) is -0.995. The van der Waals surface area contributed by atoms with Crippen molar-refractivity contribution in [3.05, 3.63) is 22.2 Å². The molecule has 1 aromatic carbocycles. The number of carbonyl (C=O) groups is 1. The molecule has 0 aliphatic carbocycles. The highest BCUT2D eigenvalue weighted by atomic mass is 35.7. The van der Waals surface area contributed by atoms with Crippen molar-refractivity contribution in [1.29, 1.82) is 0 Å². The van der Waals surface area contributed by atoms with Gasteiger partial charge in [0, 0.05) is 10.7 Å². The average Bonchev–Trinajstić information content (AvgIpc) is 2.72. The standard InChI is InChI=1S/C10H8Cl3NO5S/c11-7-1-6(20(13,16)17)2-8(12)9(7)18-4-5-3-14-10(15)19-5/h1-2,5H,3-4H2,(H,14,15). The Kier molecular flexibility index (Phi) is 4.53. The molecule has 1 N–H and O–H groups in total. The van der Waals surface area contributed by atoms with Crippen LogP contribution in [0, 0.1) is 0 Å². The van der Waals surface area contributed by atoms with Crippen molar-refractivity contribution in [2.45, 2.75) is 11.0 Å². The lowest BCUT2D eigenvalue weighted by molar-refractivity contribution is 0.105. The Morgan fingerprint density at radius 3 is 2.40 bits per heavy atom. The van der Waals surface area contributed by atoms with Crippen LogP contribution in [0.5, 0.6) is 5.75 Å². The van der Waals surface area contributed by atoms with Crippen LogP contribution in [0.15, 0.2) is 17.0 Å². The van der Waals surface area contributed by atoms with Gasteiger partial charge in [-0.1, -0.05) is 23.2 Å². The molecule has 1 fully saturated rings. The zero-order valence-corrected chi connectivity index (χ0v) is 12.8. The Bertz CT molecular complexity index is 625. The van der Waals surface area contributed by atoms with Gasteiger partial charge in [0.15, 0.2) is 11.9 Å². The number of hydrogen-bond donors (Lipinski definition) is 1. The summed E-state index contributed by atoms with van der Waals surface area (Å²) >= 11 is 11.8. The molecule has 1 aliphatic rings. The molecule has 20 heavy (non-hydrogen) atoms. The van der Waals surface area contributed by atoms with Gasteiger partial charge < -0.3 is 14.8 Å². The molecule has 1 atom stereocenters. The minimum Gasteiger partial charge on any atom is -0.487 e. The van der Waals surface area contributed by atoms with Crippen LogP contribution in [0.4, 0.5) is 4.79 Å². The number of nitrogens with one attached hydrogen (secondary N) is 1. The Labute approximate surface area is 129 Å². The van der Waals surface area contributed by atoms with Crippen molar-refractivity contribution in [2.75, 3.05) is 13.2 Å². The highest BCUT2D eigenvalue weighted by Crippen LogP contribution is 2.36. The molecule has 0 aromatic heterocycles. The third-order valence-electron chi connectivity index (χ3n) is 2.41. The molecule has 1 aromatic rings. The Balaban J connectivity index is 2.14. The minimum absolute atomic E-state index is 0.00555. The SMILES string of the molecule is O=C1NCC(COc2c(Cl)cc(S(=O)(=O)Cl)cc2Cl)O1. The summed E-state index contributed by atoms with van der Waals surface area (Å²) < 4.78 is 32.6. The van der Waals surface area contributed by atoms with E-state index in [1.54, 1.807) is 0 Å². The molecular weight excluding hydrogens is 353 g/mol. The molecule has 6 nitrogen and oxygen atoms in total. The van der Waals surface area contributed by atoms with Crippen LogP contribution in [0.1, 0.15) is 0 Å². The Hall–Kier alpha value is -0.890. The summed E-state index contributed by atoms with van der Waals surface area (Å²) in [5, 5.41) is 2.45. The van der Waals surface area contributed by atoms with Crippen LogP contribution >= 0.6 is 33.9 Å². The maximum atomic E-state index is 11.2. The summed E-state index contributed by atoms with van der Waals surface area (Å²) in [5.41, 5.74) is 0. The zero-order chi connectivity index (χ0) is 14.9. The number of carbonyl (C=O) groups excluding carboxylic acids is 1. The maximum absolute atomic E-state index is 11.2. The molecular formula is C10H8Cl3NO5S. The van der Waals surface area contributed by atoms with Gasteiger partial charge in [-0.15, -0.1) is 0 Å². The first-order valence-corrected chi connectivity index (χ1v) is 8.35. The molecule has 0 spiro atoms. The van der Waals surface area contributed by atoms with Gasteiger partial charge in [-0.25, -0.2) is 13.2 Å². The highest BCUT2D eigenvalue weighted by Gasteiger charge is 2.24. The van der Waals surface area contributed by atoms with E-state index in [4.69, 9.17) is 43.4 Å². The van der Waals surface area contributed by atoms with Gasteiger partial charge in [0.05, 0.1) is 21.5 Å². The van der Waals surface area contributed by atoms with E-state index in [0.717, 1.165) is 12.1 Å². The lowest BCUT2D eigenvalue weighted by Crippen LogP contribution is -2.22. The molecule has 1 amide bonds. The van der Waals surface area contributed by atoms with Crippen LogP contribution in [0.25, 0.3) is 0 Å². The van der Waals surface area contributed by atoms with Gasteiger partial charge in [-0.3, -0.25) is 0 Å². The van der Waals surface area contributed by atoms with Crippen molar-refractivity contribution in [1.82, 2.24) is 5.32 Å². The minimum atomic E-state index is -3.93. The highest BCUT2D eigenvalue weighted by molar-refractivity contribution is 8.13. The lowest BCUT2D eigenvalue weighted by Gasteiger charge is -2.13. The van der Waals surface area contributed by atoms with Crippen molar-refractivity contribution >= 4 is 49.0 Å². The van der Waals surface area contributed by atoms with E-state index in [-0.39, 0.29) is 27.3 Å². The van der Waals surface area contributed by atoms with Gasteiger partial charge in [0.25, 0.3) is 9.05 Å². The first kappa shape index (κ1) is 15.5. The number of halogens is 3. The summed E-state index contributed by atoms with van der Waals surface area (Å²) in [7, 11) is 1.27. The molecule has 110 valence electrons. The third kappa shape index (κ3) is 3.60. The number of benzene rings is 1. The summed E-state index contributed by atoms with van der Waals surface area (Å²) in [5.74, 6) is 0.0975. The number of rotatable bonds is 4. The van der Waals surface area contributed by atoms with E-state index in [1.807, 2.05) is 0 Å². The van der Waals surface area contributed by atoms with Gasteiger partial charge in [-0.2, -0.15) is 0 Å². The second-order valence-electron chi connectivity index (χ2n) is 3.87. The predicted octanol–water partition coefficient (Wildman–Crippen LogP) is 2.41. The topological polar surface area (TPSA) is 81.7 Å². The molecule has 1 aliphatic heterocycles. The molecule has 0 saturated carbocycles. The Morgan fingerprint density at radius 2 is 1.95 bits per heavy atom. The number of amides is 1. The molecule has 10 heteroatoms. The van der Waals surface area contributed by atoms with E-state index >= 15 is 0 Å². The van der Waals surface area contributed by atoms with Crippen molar-refractivity contribution in [2.24, 2.45) is 0 Å².